The molecule has 0 radical (unpaired) electrons. The van der Waals surface area contributed by atoms with E-state index >= 15 is 0 Å². The fraction of sp³-hybridized carbons (Fsp3) is 0.647. The molecule has 0 bridgehead atoms. The Hall–Kier alpha value is -0.860. The van der Waals surface area contributed by atoms with Crippen molar-refractivity contribution in [2.75, 3.05) is 0 Å². The topological polar surface area (TPSA) is 38.0 Å². The van der Waals surface area contributed by atoms with Gasteiger partial charge in [0.1, 0.15) is 0 Å². The second-order valence-corrected chi connectivity index (χ2v) is 6.94. The van der Waals surface area contributed by atoms with Gasteiger partial charge in [0.05, 0.1) is 0 Å². The van der Waals surface area contributed by atoms with Gasteiger partial charge in [-0.25, -0.2) is 0 Å². The molecule has 1 aliphatic rings. The molecule has 2 heteroatoms. The van der Waals surface area contributed by atoms with Crippen molar-refractivity contribution in [2.24, 2.45) is 5.73 Å². The van der Waals surface area contributed by atoms with E-state index in [-0.39, 0.29) is 5.41 Å². The van der Waals surface area contributed by atoms with Crippen LogP contribution < -0.4 is 11.1 Å². The second kappa shape index (κ2) is 6.06. The Morgan fingerprint density at radius 2 is 1.63 bits per heavy atom. The minimum atomic E-state index is 0.242. The zero-order chi connectivity index (χ0) is 13.9. The third-order valence-corrected chi connectivity index (χ3v) is 4.19. The highest BCUT2D eigenvalue weighted by atomic mass is 14.9. The second-order valence-electron chi connectivity index (χ2n) is 6.94. The lowest BCUT2D eigenvalue weighted by Crippen LogP contribution is -2.37. The molecule has 3 N–H and O–H groups in total. The lowest BCUT2D eigenvalue weighted by molar-refractivity contribution is 0.342. The van der Waals surface area contributed by atoms with Gasteiger partial charge in [0.2, 0.25) is 0 Å². The van der Waals surface area contributed by atoms with Crippen LogP contribution in [-0.4, -0.2) is 12.1 Å². The Bertz CT molecular complexity index is 381. The van der Waals surface area contributed by atoms with E-state index in [4.69, 9.17) is 5.73 Å². The number of hydrogen-bond donors (Lipinski definition) is 2. The molecule has 0 amide bonds. The largest absolute Gasteiger partial charge is 0.328 e. The summed E-state index contributed by atoms with van der Waals surface area (Å²) in [5, 5.41) is 3.66. The van der Waals surface area contributed by atoms with Crippen LogP contribution in [0.1, 0.15) is 57.6 Å². The monoisotopic (exact) mass is 260 g/mol. The van der Waals surface area contributed by atoms with E-state index in [1.54, 1.807) is 0 Å². The molecule has 0 unspecified atom stereocenters. The first-order valence-electron chi connectivity index (χ1n) is 7.53. The van der Waals surface area contributed by atoms with Crippen molar-refractivity contribution in [1.82, 2.24) is 5.32 Å². The van der Waals surface area contributed by atoms with E-state index in [9.17, 15) is 0 Å². The highest BCUT2D eigenvalue weighted by Crippen LogP contribution is 2.22. The SMILES string of the molecule is CC(C)(C)c1ccc(CNC2CCC(N)CC2)cc1. The van der Waals surface area contributed by atoms with E-state index < -0.39 is 0 Å². The molecule has 1 fully saturated rings. The van der Waals surface area contributed by atoms with Crippen LogP contribution in [-0.2, 0) is 12.0 Å². The Balaban J connectivity index is 1.83. The van der Waals surface area contributed by atoms with Crippen LogP contribution in [0, 0.1) is 0 Å². The maximum absolute atomic E-state index is 5.93. The zero-order valence-electron chi connectivity index (χ0n) is 12.6. The van der Waals surface area contributed by atoms with Gasteiger partial charge in [-0.05, 0) is 42.2 Å². The molecule has 1 saturated carbocycles. The maximum Gasteiger partial charge on any atom is 0.0208 e. The van der Waals surface area contributed by atoms with Crippen molar-refractivity contribution >= 4 is 0 Å². The number of benzene rings is 1. The average molecular weight is 260 g/mol. The summed E-state index contributed by atoms with van der Waals surface area (Å²) in [5.74, 6) is 0. The molecule has 0 heterocycles. The minimum Gasteiger partial charge on any atom is -0.328 e. The third kappa shape index (κ3) is 4.32. The molecule has 0 saturated heterocycles. The summed E-state index contributed by atoms with van der Waals surface area (Å²) in [6.07, 6.45) is 4.78. The normalized spacial score (nSPS) is 24.4. The van der Waals surface area contributed by atoms with Gasteiger partial charge in [-0.2, -0.15) is 0 Å². The van der Waals surface area contributed by atoms with Crippen LogP contribution in [0.4, 0.5) is 0 Å². The Morgan fingerprint density at radius 1 is 1.05 bits per heavy atom. The number of rotatable bonds is 3. The van der Waals surface area contributed by atoms with Crippen molar-refractivity contribution in [3.63, 3.8) is 0 Å². The molecule has 1 aromatic carbocycles. The molecular formula is C17H28N2. The van der Waals surface area contributed by atoms with Crippen LogP contribution >= 0.6 is 0 Å². The standard InChI is InChI=1S/C17H28N2/c1-17(2,3)14-6-4-13(5-7-14)12-19-16-10-8-15(18)9-11-16/h4-7,15-16,19H,8-12,18H2,1-3H3. The summed E-state index contributed by atoms with van der Waals surface area (Å²) in [6, 6.07) is 10.1. The first kappa shape index (κ1) is 14.5. The van der Waals surface area contributed by atoms with Gasteiger partial charge in [0.25, 0.3) is 0 Å². The molecule has 0 aliphatic heterocycles. The van der Waals surface area contributed by atoms with E-state index in [1.165, 1.54) is 36.8 Å². The van der Waals surface area contributed by atoms with E-state index in [2.05, 4.69) is 50.4 Å². The van der Waals surface area contributed by atoms with E-state index in [0.717, 1.165) is 6.54 Å². The molecule has 1 aromatic rings. The van der Waals surface area contributed by atoms with Gasteiger partial charge in [-0.1, -0.05) is 45.0 Å². The molecule has 1 aliphatic carbocycles. The lowest BCUT2D eigenvalue weighted by atomic mass is 9.86. The number of nitrogens with two attached hydrogens (primary N) is 1. The fourth-order valence-corrected chi connectivity index (χ4v) is 2.71. The van der Waals surface area contributed by atoms with Gasteiger partial charge in [0, 0.05) is 18.6 Å². The summed E-state index contributed by atoms with van der Waals surface area (Å²) in [4.78, 5) is 0. The molecule has 0 atom stereocenters. The lowest BCUT2D eigenvalue weighted by Gasteiger charge is -2.27. The van der Waals surface area contributed by atoms with Gasteiger partial charge >= 0.3 is 0 Å². The van der Waals surface area contributed by atoms with Crippen molar-refractivity contribution in [1.29, 1.82) is 0 Å². The first-order chi connectivity index (χ1) is 8.95. The number of hydrogen-bond acceptors (Lipinski definition) is 2. The van der Waals surface area contributed by atoms with Crippen molar-refractivity contribution in [2.45, 2.75) is 70.5 Å². The summed E-state index contributed by atoms with van der Waals surface area (Å²) in [5.41, 5.74) is 8.96. The third-order valence-electron chi connectivity index (χ3n) is 4.19. The fourth-order valence-electron chi connectivity index (χ4n) is 2.71. The van der Waals surface area contributed by atoms with Crippen LogP contribution in [0.3, 0.4) is 0 Å². The summed E-state index contributed by atoms with van der Waals surface area (Å²) in [7, 11) is 0. The molecular weight excluding hydrogens is 232 g/mol. The molecule has 0 spiro atoms. The molecule has 19 heavy (non-hydrogen) atoms. The molecule has 106 valence electrons. The van der Waals surface area contributed by atoms with Crippen molar-refractivity contribution < 1.29 is 0 Å². The Morgan fingerprint density at radius 3 is 2.16 bits per heavy atom. The van der Waals surface area contributed by atoms with Gasteiger partial charge in [-0.15, -0.1) is 0 Å². The van der Waals surface area contributed by atoms with Crippen molar-refractivity contribution in [3.05, 3.63) is 35.4 Å². The molecule has 0 aromatic heterocycles. The summed E-state index contributed by atoms with van der Waals surface area (Å²) < 4.78 is 0. The quantitative estimate of drug-likeness (QED) is 0.874. The maximum atomic E-state index is 5.93. The predicted molar refractivity (Wildman–Crippen MR) is 82.2 cm³/mol. The Labute approximate surface area is 117 Å². The van der Waals surface area contributed by atoms with Crippen LogP contribution in [0.25, 0.3) is 0 Å². The van der Waals surface area contributed by atoms with Crippen LogP contribution in [0.15, 0.2) is 24.3 Å². The molecule has 2 rings (SSSR count). The first-order valence-corrected chi connectivity index (χ1v) is 7.53. The van der Waals surface area contributed by atoms with Gasteiger partial charge < -0.3 is 11.1 Å². The van der Waals surface area contributed by atoms with Gasteiger partial charge in [0.15, 0.2) is 0 Å². The minimum absolute atomic E-state index is 0.242. The van der Waals surface area contributed by atoms with Crippen LogP contribution in [0.2, 0.25) is 0 Å². The summed E-state index contributed by atoms with van der Waals surface area (Å²) in [6.45, 7) is 7.74. The van der Waals surface area contributed by atoms with E-state index in [0.29, 0.717) is 12.1 Å². The highest BCUT2D eigenvalue weighted by Gasteiger charge is 2.18. The number of nitrogens with one attached hydrogen (secondary N) is 1. The van der Waals surface area contributed by atoms with Crippen LogP contribution in [0.5, 0.6) is 0 Å². The summed E-state index contributed by atoms with van der Waals surface area (Å²) >= 11 is 0. The highest BCUT2D eigenvalue weighted by molar-refractivity contribution is 5.27. The smallest absolute Gasteiger partial charge is 0.0208 e. The average Bonchev–Trinajstić information content (AvgIpc) is 2.37. The van der Waals surface area contributed by atoms with Crippen molar-refractivity contribution in [3.8, 4) is 0 Å². The van der Waals surface area contributed by atoms with E-state index in [1.807, 2.05) is 0 Å². The Kier molecular flexibility index (Phi) is 4.64. The predicted octanol–water partition coefficient (Wildman–Crippen LogP) is 3.34. The van der Waals surface area contributed by atoms with Gasteiger partial charge in [-0.3, -0.25) is 0 Å². The zero-order valence-corrected chi connectivity index (χ0v) is 12.6. The molecule has 2 nitrogen and oxygen atoms in total.